The molecule has 0 aliphatic carbocycles. The SMILES string of the molecule is CCOC(=O)CC(B1OC(C)(C)C(C)(C)O1)c1cccc(Br)c1O. The minimum atomic E-state index is -0.653. The van der Waals surface area contributed by atoms with Crippen LogP contribution in [0.15, 0.2) is 22.7 Å². The summed E-state index contributed by atoms with van der Waals surface area (Å²) in [5, 5.41) is 10.4. The van der Waals surface area contributed by atoms with Crippen LogP contribution in [0.5, 0.6) is 5.75 Å². The fourth-order valence-electron chi connectivity index (χ4n) is 2.64. The summed E-state index contributed by atoms with van der Waals surface area (Å²) in [7, 11) is -0.653. The lowest BCUT2D eigenvalue weighted by Crippen LogP contribution is -2.41. The molecule has 0 bridgehead atoms. The monoisotopic (exact) mass is 398 g/mol. The standard InChI is InChI=1S/C17H24BBrO5/c1-6-22-14(20)10-12(11-8-7-9-13(19)15(11)21)18-23-16(2,3)17(4,5)24-18/h7-9,12,21H,6,10H2,1-5H3. The molecular weight excluding hydrogens is 375 g/mol. The number of carbonyl (C=O) groups is 1. The Morgan fingerprint density at radius 2 is 1.88 bits per heavy atom. The summed E-state index contributed by atoms with van der Waals surface area (Å²) >= 11 is 3.32. The second-order valence-electron chi connectivity index (χ2n) is 6.92. The normalized spacial score (nSPS) is 20.0. The highest BCUT2D eigenvalue weighted by Gasteiger charge is 2.54. The summed E-state index contributed by atoms with van der Waals surface area (Å²) in [6.07, 6.45) is 0.0642. The smallest absolute Gasteiger partial charge is 0.466 e. The number of phenols is 1. The second-order valence-corrected chi connectivity index (χ2v) is 7.77. The zero-order valence-electron chi connectivity index (χ0n) is 14.8. The summed E-state index contributed by atoms with van der Waals surface area (Å²) in [5.74, 6) is -0.735. The van der Waals surface area contributed by atoms with E-state index in [4.69, 9.17) is 14.0 Å². The molecule has 0 amide bonds. The molecule has 1 aromatic carbocycles. The van der Waals surface area contributed by atoms with Gasteiger partial charge in [0.05, 0.1) is 28.7 Å². The highest BCUT2D eigenvalue weighted by Crippen LogP contribution is 2.44. The van der Waals surface area contributed by atoms with Gasteiger partial charge >= 0.3 is 13.1 Å². The lowest BCUT2D eigenvalue weighted by Gasteiger charge is -2.32. The van der Waals surface area contributed by atoms with Gasteiger partial charge in [-0.3, -0.25) is 4.79 Å². The van der Waals surface area contributed by atoms with Crippen LogP contribution in [0.2, 0.25) is 0 Å². The lowest BCUT2D eigenvalue weighted by molar-refractivity contribution is -0.143. The predicted octanol–water partition coefficient (Wildman–Crippen LogP) is 3.82. The van der Waals surface area contributed by atoms with E-state index in [0.717, 1.165) is 0 Å². The van der Waals surface area contributed by atoms with E-state index in [1.54, 1.807) is 19.1 Å². The van der Waals surface area contributed by atoms with Crippen molar-refractivity contribution in [3.05, 3.63) is 28.2 Å². The predicted molar refractivity (Wildman–Crippen MR) is 95.9 cm³/mol. The van der Waals surface area contributed by atoms with Crippen molar-refractivity contribution < 1.29 is 23.9 Å². The average molecular weight is 399 g/mol. The van der Waals surface area contributed by atoms with Gasteiger partial charge < -0.3 is 19.2 Å². The quantitative estimate of drug-likeness (QED) is 0.603. The summed E-state index contributed by atoms with van der Waals surface area (Å²) in [5.41, 5.74) is -0.450. The Kier molecular flexibility index (Phi) is 5.67. The third-order valence-corrected chi connectivity index (χ3v) is 5.35. The van der Waals surface area contributed by atoms with Gasteiger partial charge in [-0.05, 0) is 62.2 Å². The first kappa shape index (κ1) is 19.3. The number of carbonyl (C=O) groups excluding carboxylic acids is 1. The maximum Gasteiger partial charge on any atom is 0.466 e. The fraction of sp³-hybridized carbons (Fsp3) is 0.588. The number of hydrogen-bond donors (Lipinski definition) is 1. The molecule has 1 heterocycles. The Hall–Kier alpha value is -1.05. The molecule has 1 atom stereocenters. The highest BCUT2D eigenvalue weighted by molar-refractivity contribution is 9.10. The van der Waals surface area contributed by atoms with E-state index in [9.17, 15) is 9.90 Å². The largest absolute Gasteiger partial charge is 0.506 e. The first-order valence-corrected chi connectivity index (χ1v) is 8.87. The molecule has 0 aromatic heterocycles. The molecule has 0 radical (unpaired) electrons. The molecule has 0 spiro atoms. The Labute approximate surface area is 151 Å². The molecule has 2 rings (SSSR count). The summed E-state index contributed by atoms with van der Waals surface area (Å²) < 4.78 is 17.8. The number of aromatic hydroxyl groups is 1. The van der Waals surface area contributed by atoms with Gasteiger partial charge in [0, 0.05) is 5.82 Å². The number of ether oxygens (including phenoxy) is 1. The first-order valence-electron chi connectivity index (χ1n) is 8.07. The van der Waals surface area contributed by atoms with Gasteiger partial charge in [0.15, 0.2) is 0 Å². The lowest BCUT2D eigenvalue weighted by atomic mass is 9.66. The average Bonchev–Trinajstić information content (AvgIpc) is 2.68. The number of hydrogen-bond acceptors (Lipinski definition) is 5. The molecule has 7 heteroatoms. The van der Waals surface area contributed by atoms with Gasteiger partial charge in [-0.1, -0.05) is 12.1 Å². The Balaban J connectivity index is 2.37. The number of benzene rings is 1. The van der Waals surface area contributed by atoms with Gasteiger partial charge in [-0.15, -0.1) is 0 Å². The molecule has 1 aliphatic heterocycles. The van der Waals surface area contributed by atoms with E-state index in [2.05, 4.69) is 15.9 Å². The minimum Gasteiger partial charge on any atom is -0.506 e. The number of para-hydroxylation sites is 1. The number of esters is 1. The van der Waals surface area contributed by atoms with E-state index in [-0.39, 0.29) is 18.1 Å². The van der Waals surface area contributed by atoms with Crippen LogP contribution < -0.4 is 0 Å². The van der Waals surface area contributed by atoms with Crippen LogP contribution in [0.3, 0.4) is 0 Å². The zero-order valence-corrected chi connectivity index (χ0v) is 16.3. The van der Waals surface area contributed by atoms with Crippen LogP contribution >= 0.6 is 15.9 Å². The van der Waals surface area contributed by atoms with Gasteiger partial charge in [0.1, 0.15) is 5.75 Å². The molecule has 1 aliphatic rings. The van der Waals surface area contributed by atoms with Crippen molar-refractivity contribution in [2.75, 3.05) is 6.61 Å². The molecule has 1 saturated heterocycles. The number of phenolic OH excluding ortho intramolecular Hbond substituents is 1. The maximum atomic E-state index is 12.1. The van der Waals surface area contributed by atoms with Crippen LogP contribution in [-0.4, -0.2) is 36.0 Å². The molecule has 1 aromatic rings. The van der Waals surface area contributed by atoms with E-state index < -0.39 is 24.1 Å². The van der Waals surface area contributed by atoms with Gasteiger partial charge in [0.2, 0.25) is 0 Å². The van der Waals surface area contributed by atoms with Crippen molar-refractivity contribution in [1.29, 1.82) is 0 Å². The molecule has 1 N–H and O–H groups in total. The Morgan fingerprint density at radius 1 is 1.29 bits per heavy atom. The van der Waals surface area contributed by atoms with E-state index >= 15 is 0 Å². The molecule has 1 unspecified atom stereocenters. The second kappa shape index (κ2) is 7.06. The van der Waals surface area contributed by atoms with Gasteiger partial charge in [0.25, 0.3) is 0 Å². The summed E-state index contributed by atoms with van der Waals surface area (Å²) in [4.78, 5) is 12.1. The van der Waals surface area contributed by atoms with Gasteiger partial charge in [-0.2, -0.15) is 0 Å². The van der Waals surface area contributed by atoms with Crippen LogP contribution in [0.4, 0.5) is 0 Å². The maximum absolute atomic E-state index is 12.1. The highest BCUT2D eigenvalue weighted by atomic mass is 79.9. The summed E-state index contributed by atoms with van der Waals surface area (Å²) in [6.45, 7) is 9.88. The summed E-state index contributed by atoms with van der Waals surface area (Å²) in [6, 6.07) is 5.32. The number of rotatable bonds is 5. The fourth-order valence-corrected chi connectivity index (χ4v) is 3.02. The van der Waals surface area contributed by atoms with Crippen molar-refractivity contribution >= 4 is 29.0 Å². The van der Waals surface area contributed by atoms with Crippen molar-refractivity contribution in [1.82, 2.24) is 0 Å². The molecule has 1 fully saturated rings. The third-order valence-electron chi connectivity index (χ3n) is 4.71. The van der Waals surface area contributed by atoms with Crippen LogP contribution in [0, 0.1) is 0 Å². The van der Waals surface area contributed by atoms with Crippen LogP contribution in [-0.2, 0) is 18.8 Å². The van der Waals surface area contributed by atoms with Crippen molar-refractivity contribution in [3.8, 4) is 5.75 Å². The Bertz CT molecular complexity index is 601. The van der Waals surface area contributed by atoms with E-state index in [1.165, 1.54) is 0 Å². The van der Waals surface area contributed by atoms with E-state index in [1.807, 2.05) is 33.8 Å². The molecule has 24 heavy (non-hydrogen) atoms. The molecule has 5 nitrogen and oxygen atoms in total. The molecule has 0 saturated carbocycles. The third kappa shape index (κ3) is 3.78. The topological polar surface area (TPSA) is 65.0 Å². The zero-order chi connectivity index (χ0) is 18.1. The van der Waals surface area contributed by atoms with Crippen molar-refractivity contribution in [3.63, 3.8) is 0 Å². The van der Waals surface area contributed by atoms with Gasteiger partial charge in [-0.25, -0.2) is 0 Å². The molecular formula is C17H24BBrO5. The molecule has 132 valence electrons. The van der Waals surface area contributed by atoms with E-state index in [0.29, 0.717) is 16.6 Å². The van der Waals surface area contributed by atoms with Crippen LogP contribution in [0.1, 0.15) is 52.4 Å². The van der Waals surface area contributed by atoms with Crippen LogP contribution in [0.25, 0.3) is 0 Å². The first-order chi connectivity index (χ1) is 11.1. The van der Waals surface area contributed by atoms with Crippen molar-refractivity contribution in [2.45, 2.75) is 58.1 Å². The van der Waals surface area contributed by atoms with Crippen molar-refractivity contribution in [2.24, 2.45) is 0 Å². The Morgan fingerprint density at radius 3 is 2.42 bits per heavy atom. The minimum absolute atomic E-state index is 0.0642. The number of halogens is 1.